The van der Waals surface area contributed by atoms with Crippen molar-refractivity contribution >= 4 is 50.3 Å². The summed E-state index contributed by atoms with van der Waals surface area (Å²) in [6.45, 7) is 6.56. The third-order valence-corrected chi connectivity index (χ3v) is 6.65. The zero-order chi connectivity index (χ0) is 20.9. The van der Waals surface area contributed by atoms with E-state index in [2.05, 4.69) is 4.90 Å². The molecule has 2 aromatic carbocycles. The molecule has 156 valence electrons. The number of morpholine rings is 1. The first-order chi connectivity index (χ1) is 14.6. The molecule has 30 heavy (non-hydrogen) atoms. The molecule has 0 radical (unpaired) electrons. The van der Waals surface area contributed by atoms with Gasteiger partial charge in [-0.15, -0.1) is 0 Å². The molecule has 7 heteroatoms. The van der Waals surface area contributed by atoms with Gasteiger partial charge in [-0.1, -0.05) is 53.3 Å². The molecule has 1 aliphatic rings. The van der Waals surface area contributed by atoms with Gasteiger partial charge in [-0.05, 0) is 36.3 Å². The molecule has 2 heterocycles. The molecule has 0 aliphatic carbocycles. The van der Waals surface area contributed by atoms with Gasteiger partial charge in [0.1, 0.15) is 0 Å². The van der Waals surface area contributed by atoms with Crippen LogP contribution in [0, 0.1) is 6.92 Å². The lowest BCUT2D eigenvalue weighted by molar-refractivity contribution is -0.114. The number of amides is 1. The Morgan fingerprint density at radius 2 is 2.00 bits per heavy atom. The van der Waals surface area contributed by atoms with Crippen molar-refractivity contribution < 1.29 is 9.53 Å². The number of ether oxygens (including phenoxy) is 1. The molecule has 0 N–H and O–H groups in total. The van der Waals surface area contributed by atoms with Gasteiger partial charge in [0.25, 0.3) is 5.91 Å². The summed E-state index contributed by atoms with van der Waals surface area (Å²) in [7, 11) is 0. The van der Waals surface area contributed by atoms with Crippen molar-refractivity contribution in [2.75, 3.05) is 44.3 Å². The number of fused-ring (bicyclic) bond motifs is 1. The monoisotopic (exact) mass is 441 g/mol. The van der Waals surface area contributed by atoms with E-state index in [1.165, 1.54) is 11.3 Å². The Morgan fingerprint density at radius 3 is 2.77 bits per heavy atom. The molecule has 1 fully saturated rings. The van der Waals surface area contributed by atoms with Crippen LogP contribution in [0.15, 0.2) is 48.5 Å². The normalized spacial score (nSPS) is 15.1. The summed E-state index contributed by atoms with van der Waals surface area (Å²) in [5.41, 5.74) is 2.79. The highest BCUT2D eigenvalue weighted by Crippen LogP contribution is 2.33. The minimum Gasteiger partial charge on any atom is -0.379 e. The first kappa shape index (κ1) is 21.0. The largest absolute Gasteiger partial charge is 0.379 e. The van der Waals surface area contributed by atoms with Gasteiger partial charge in [0.05, 0.1) is 23.4 Å². The highest BCUT2D eigenvalue weighted by molar-refractivity contribution is 7.22. The van der Waals surface area contributed by atoms with Crippen LogP contribution in [0.2, 0.25) is 5.02 Å². The topological polar surface area (TPSA) is 45.7 Å². The summed E-state index contributed by atoms with van der Waals surface area (Å²) in [5.74, 6) is -0.0741. The van der Waals surface area contributed by atoms with E-state index in [1.807, 2.05) is 55.5 Å². The highest BCUT2D eigenvalue weighted by Gasteiger charge is 2.21. The van der Waals surface area contributed by atoms with Gasteiger partial charge in [0, 0.05) is 37.3 Å². The average Bonchev–Trinajstić information content (AvgIpc) is 3.21. The predicted octanol–water partition coefficient (Wildman–Crippen LogP) is 4.64. The van der Waals surface area contributed by atoms with Gasteiger partial charge in [-0.3, -0.25) is 14.6 Å². The Morgan fingerprint density at radius 1 is 1.23 bits per heavy atom. The molecule has 0 unspecified atom stereocenters. The molecule has 1 saturated heterocycles. The van der Waals surface area contributed by atoms with Crippen LogP contribution in [-0.4, -0.2) is 55.2 Å². The fourth-order valence-electron chi connectivity index (χ4n) is 3.39. The van der Waals surface area contributed by atoms with E-state index in [0.29, 0.717) is 16.7 Å². The molecule has 1 aromatic heterocycles. The van der Waals surface area contributed by atoms with Crippen LogP contribution in [0.4, 0.5) is 5.13 Å². The first-order valence-corrected chi connectivity index (χ1v) is 11.2. The summed E-state index contributed by atoms with van der Waals surface area (Å²) in [5, 5.41) is 1.39. The van der Waals surface area contributed by atoms with Crippen LogP contribution in [0.5, 0.6) is 0 Å². The van der Waals surface area contributed by atoms with Crippen LogP contribution in [0.25, 0.3) is 16.3 Å². The van der Waals surface area contributed by atoms with Crippen molar-refractivity contribution in [3.63, 3.8) is 0 Å². The summed E-state index contributed by atoms with van der Waals surface area (Å²) in [4.78, 5) is 22.0. The summed E-state index contributed by atoms with van der Waals surface area (Å²) >= 11 is 7.80. The molecule has 4 rings (SSSR count). The number of anilines is 1. The quantitative estimate of drug-likeness (QED) is 0.523. The number of thiazole rings is 1. The van der Waals surface area contributed by atoms with Gasteiger partial charge in [-0.25, -0.2) is 4.98 Å². The Kier molecular flexibility index (Phi) is 6.79. The number of hydrogen-bond acceptors (Lipinski definition) is 5. The zero-order valence-corrected chi connectivity index (χ0v) is 18.5. The maximum Gasteiger partial charge on any atom is 0.252 e. The van der Waals surface area contributed by atoms with Crippen LogP contribution in [0.1, 0.15) is 11.1 Å². The standard InChI is InChI=1S/C23H24ClN3O2S/c1-17-19(24)8-9-20-22(17)25-23(30-20)27(12-11-26-13-15-29-16-14-26)21(28)10-7-18-5-3-2-4-6-18/h2-10H,11-16H2,1H3/b10-7+. The molecular weight excluding hydrogens is 418 g/mol. The van der Waals surface area contributed by atoms with E-state index in [-0.39, 0.29) is 5.91 Å². The SMILES string of the molecule is Cc1c(Cl)ccc2sc(N(CCN3CCOCC3)C(=O)/C=C/c3ccccc3)nc12. The number of halogens is 1. The number of rotatable bonds is 6. The minimum absolute atomic E-state index is 0.0741. The number of nitrogens with zero attached hydrogens (tertiary/aromatic N) is 3. The minimum atomic E-state index is -0.0741. The fraction of sp³-hybridized carbons (Fsp3) is 0.304. The Balaban J connectivity index is 1.60. The first-order valence-electron chi connectivity index (χ1n) is 10.0. The van der Waals surface area contributed by atoms with E-state index >= 15 is 0 Å². The van der Waals surface area contributed by atoms with Gasteiger partial charge in [0.15, 0.2) is 5.13 Å². The van der Waals surface area contributed by atoms with Gasteiger partial charge in [0.2, 0.25) is 0 Å². The van der Waals surface area contributed by atoms with Crippen molar-refractivity contribution in [3.8, 4) is 0 Å². The molecule has 0 spiro atoms. The third-order valence-electron chi connectivity index (χ3n) is 5.19. The molecule has 1 aliphatic heterocycles. The number of benzene rings is 2. The van der Waals surface area contributed by atoms with E-state index < -0.39 is 0 Å². The average molecular weight is 442 g/mol. The molecule has 0 atom stereocenters. The number of aryl methyl sites for hydroxylation is 1. The second kappa shape index (κ2) is 9.71. The lowest BCUT2D eigenvalue weighted by Gasteiger charge is -2.28. The van der Waals surface area contributed by atoms with Crippen LogP contribution in [-0.2, 0) is 9.53 Å². The second-order valence-electron chi connectivity index (χ2n) is 7.20. The Bertz CT molecular complexity index is 1050. The fourth-order valence-corrected chi connectivity index (χ4v) is 4.60. The second-order valence-corrected chi connectivity index (χ2v) is 8.62. The smallest absolute Gasteiger partial charge is 0.252 e. The van der Waals surface area contributed by atoms with E-state index in [4.69, 9.17) is 21.3 Å². The maximum absolute atomic E-state index is 13.2. The predicted molar refractivity (Wildman–Crippen MR) is 124 cm³/mol. The number of carbonyl (C=O) groups is 1. The lowest BCUT2D eigenvalue weighted by atomic mass is 10.2. The van der Waals surface area contributed by atoms with Crippen molar-refractivity contribution in [1.82, 2.24) is 9.88 Å². The van der Waals surface area contributed by atoms with E-state index in [1.54, 1.807) is 11.0 Å². The van der Waals surface area contributed by atoms with E-state index in [0.717, 1.165) is 54.2 Å². The zero-order valence-electron chi connectivity index (χ0n) is 16.9. The van der Waals surface area contributed by atoms with E-state index in [9.17, 15) is 4.79 Å². The summed E-state index contributed by atoms with van der Waals surface area (Å²) in [6, 6.07) is 13.7. The van der Waals surface area contributed by atoms with Crippen molar-refractivity contribution in [2.24, 2.45) is 0 Å². The molecule has 5 nitrogen and oxygen atoms in total. The molecule has 0 saturated carbocycles. The molecule has 0 bridgehead atoms. The molecular formula is C23H24ClN3O2S. The highest BCUT2D eigenvalue weighted by atomic mass is 35.5. The van der Waals surface area contributed by atoms with Crippen molar-refractivity contribution in [1.29, 1.82) is 0 Å². The summed E-state index contributed by atoms with van der Waals surface area (Å²) in [6.07, 6.45) is 3.47. The summed E-state index contributed by atoms with van der Waals surface area (Å²) < 4.78 is 6.46. The van der Waals surface area contributed by atoms with Crippen molar-refractivity contribution in [2.45, 2.75) is 6.92 Å². The van der Waals surface area contributed by atoms with Gasteiger partial charge in [-0.2, -0.15) is 0 Å². The van der Waals surface area contributed by atoms with Gasteiger partial charge >= 0.3 is 0 Å². The molecule has 1 amide bonds. The van der Waals surface area contributed by atoms with Crippen molar-refractivity contribution in [3.05, 3.63) is 64.7 Å². The number of aromatic nitrogens is 1. The Hall–Kier alpha value is -2.25. The lowest BCUT2D eigenvalue weighted by Crippen LogP contribution is -2.42. The molecule has 3 aromatic rings. The maximum atomic E-state index is 13.2. The number of carbonyl (C=O) groups excluding carboxylic acids is 1. The Labute approximate surface area is 185 Å². The van der Waals surface area contributed by atoms with Crippen LogP contribution in [0.3, 0.4) is 0 Å². The number of hydrogen-bond donors (Lipinski definition) is 0. The third kappa shape index (κ3) is 4.90. The van der Waals surface area contributed by atoms with Crippen LogP contribution >= 0.6 is 22.9 Å². The van der Waals surface area contributed by atoms with Gasteiger partial charge < -0.3 is 4.74 Å². The van der Waals surface area contributed by atoms with Crippen LogP contribution < -0.4 is 4.90 Å².